The van der Waals surface area contributed by atoms with Crippen LogP contribution in [0.4, 0.5) is 5.95 Å². The Morgan fingerprint density at radius 2 is 2.12 bits per heavy atom. The van der Waals surface area contributed by atoms with Crippen molar-refractivity contribution in [1.29, 1.82) is 0 Å². The van der Waals surface area contributed by atoms with Crippen LogP contribution in [0.5, 0.6) is 0 Å². The molecule has 5 nitrogen and oxygen atoms in total. The van der Waals surface area contributed by atoms with E-state index in [0.717, 1.165) is 5.56 Å². The third-order valence-electron chi connectivity index (χ3n) is 2.00. The van der Waals surface area contributed by atoms with Crippen LogP contribution in [0.2, 0.25) is 0 Å². The third kappa shape index (κ3) is 3.72. The number of rotatable bonds is 3. The van der Waals surface area contributed by atoms with E-state index in [-0.39, 0.29) is 0 Å². The molecule has 0 fully saturated rings. The van der Waals surface area contributed by atoms with Crippen molar-refractivity contribution in [3.63, 3.8) is 0 Å². The molecule has 0 saturated carbocycles. The maximum Gasteiger partial charge on any atom is 0.225 e. The second kappa shape index (κ2) is 5.65. The van der Waals surface area contributed by atoms with E-state index < -0.39 is 0 Å². The Morgan fingerprint density at radius 1 is 1.35 bits per heavy atom. The molecule has 17 heavy (non-hydrogen) atoms. The van der Waals surface area contributed by atoms with Crippen LogP contribution in [0.3, 0.4) is 0 Å². The molecule has 3 N–H and O–H groups in total. The van der Waals surface area contributed by atoms with Crippen molar-refractivity contribution in [1.82, 2.24) is 20.5 Å². The molecule has 0 aliphatic rings. The lowest BCUT2D eigenvalue weighted by Crippen LogP contribution is -2.28. The number of aromatic nitrogens is 3. The Balaban J connectivity index is 1.82. The van der Waals surface area contributed by atoms with Crippen LogP contribution in [-0.2, 0) is 6.54 Å². The first-order valence-corrected chi connectivity index (χ1v) is 5.80. The van der Waals surface area contributed by atoms with Gasteiger partial charge in [-0.3, -0.25) is 0 Å². The number of thiol groups is 1. The van der Waals surface area contributed by atoms with Gasteiger partial charge in [0.1, 0.15) is 0 Å². The molecule has 88 valence electrons. The van der Waals surface area contributed by atoms with Crippen molar-refractivity contribution in [2.45, 2.75) is 11.7 Å². The van der Waals surface area contributed by atoms with Gasteiger partial charge in [-0.15, -0.1) is 17.7 Å². The fourth-order valence-electron chi connectivity index (χ4n) is 1.24. The van der Waals surface area contributed by atoms with Crippen LogP contribution < -0.4 is 10.6 Å². The lowest BCUT2D eigenvalue weighted by atomic mass is 10.2. The van der Waals surface area contributed by atoms with Gasteiger partial charge in [-0.25, -0.2) is 5.10 Å². The van der Waals surface area contributed by atoms with Gasteiger partial charge in [0, 0.05) is 6.54 Å². The molecule has 0 aliphatic carbocycles. The summed E-state index contributed by atoms with van der Waals surface area (Å²) in [5.74, 6) is 0.473. The minimum Gasteiger partial charge on any atom is -0.358 e. The summed E-state index contributed by atoms with van der Waals surface area (Å²) in [6.07, 6.45) is 0. The van der Waals surface area contributed by atoms with E-state index in [1.807, 2.05) is 30.3 Å². The molecule has 0 amide bonds. The largest absolute Gasteiger partial charge is 0.358 e. The molecule has 1 aromatic heterocycles. The van der Waals surface area contributed by atoms with Gasteiger partial charge in [-0.05, 0) is 17.8 Å². The second-order valence-electron chi connectivity index (χ2n) is 3.28. The van der Waals surface area contributed by atoms with Crippen LogP contribution >= 0.6 is 24.8 Å². The van der Waals surface area contributed by atoms with Crippen LogP contribution in [0.25, 0.3) is 0 Å². The van der Waals surface area contributed by atoms with Crippen LogP contribution in [0.1, 0.15) is 5.56 Å². The first-order chi connectivity index (χ1) is 8.24. The van der Waals surface area contributed by atoms with Gasteiger partial charge >= 0.3 is 0 Å². The molecule has 0 radical (unpaired) electrons. The van der Waals surface area contributed by atoms with Crippen molar-refractivity contribution in [2.75, 3.05) is 5.32 Å². The van der Waals surface area contributed by atoms with Gasteiger partial charge in [-0.1, -0.05) is 30.3 Å². The number of thiocarbonyl (C=S) groups is 1. The molecule has 2 rings (SSSR count). The highest BCUT2D eigenvalue weighted by molar-refractivity contribution is 7.80. The normalized spacial score (nSPS) is 9.94. The lowest BCUT2D eigenvalue weighted by molar-refractivity contribution is 0.923. The number of hydrogen-bond donors (Lipinski definition) is 4. The topological polar surface area (TPSA) is 65.6 Å². The van der Waals surface area contributed by atoms with Gasteiger partial charge < -0.3 is 10.6 Å². The number of nitrogens with one attached hydrogen (secondary N) is 3. The monoisotopic (exact) mass is 265 g/mol. The predicted molar refractivity (Wildman–Crippen MR) is 73.1 cm³/mol. The van der Waals surface area contributed by atoms with E-state index in [4.69, 9.17) is 12.2 Å². The summed E-state index contributed by atoms with van der Waals surface area (Å²) < 4.78 is 0. The highest BCUT2D eigenvalue weighted by Crippen LogP contribution is 2.02. The van der Waals surface area contributed by atoms with E-state index in [9.17, 15) is 0 Å². The quantitative estimate of drug-likeness (QED) is 0.501. The Morgan fingerprint density at radius 3 is 2.76 bits per heavy atom. The lowest BCUT2D eigenvalue weighted by Gasteiger charge is -2.07. The number of H-pyrrole nitrogens is 1. The summed E-state index contributed by atoms with van der Waals surface area (Å²) in [6.45, 7) is 0.661. The molecule has 0 spiro atoms. The maximum atomic E-state index is 5.11. The first-order valence-electron chi connectivity index (χ1n) is 4.94. The highest BCUT2D eigenvalue weighted by atomic mass is 32.1. The van der Waals surface area contributed by atoms with Crippen LogP contribution in [0.15, 0.2) is 35.5 Å². The maximum absolute atomic E-state index is 5.11. The molecule has 0 aliphatic heterocycles. The molecule has 1 aromatic carbocycles. The fraction of sp³-hybridized carbons (Fsp3) is 0.100. The summed E-state index contributed by atoms with van der Waals surface area (Å²) >= 11 is 9.09. The predicted octanol–water partition coefficient (Wildman–Crippen LogP) is 1.58. The van der Waals surface area contributed by atoms with Gasteiger partial charge in [0.25, 0.3) is 0 Å². The van der Waals surface area contributed by atoms with E-state index in [1.165, 1.54) is 0 Å². The standard InChI is InChI=1S/C10H11N5S2/c16-9(12-8-13-10(17)15-14-8)11-6-7-4-2-1-3-5-7/h1-5H,6H2,(H4,11,12,13,14,15,16,17). The zero-order chi connectivity index (χ0) is 12.1. The zero-order valence-corrected chi connectivity index (χ0v) is 10.6. The smallest absolute Gasteiger partial charge is 0.225 e. The summed E-state index contributed by atoms with van der Waals surface area (Å²) in [7, 11) is 0. The van der Waals surface area contributed by atoms with E-state index in [0.29, 0.717) is 22.8 Å². The average molecular weight is 265 g/mol. The molecular formula is C10H11N5S2. The van der Waals surface area contributed by atoms with E-state index >= 15 is 0 Å². The molecule has 2 aromatic rings. The molecule has 0 unspecified atom stereocenters. The minimum atomic E-state index is 0.373. The van der Waals surface area contributed by atoms with E-state index in [1.54, 1.807) is 0 Å². The molecule has 0 bridgehead atoms. The number of anilines is 1. The van der Waals surface area contributed by atoms with Gasteiger partial charge in [0.2, 0.25) is 11.1 Å². The molecule has 7 heteroatoms. The molecule has 0 saturated heterocycles. The number of nitrogens with zero attached hydrogens (tertiary/aromatic N) is 2. The van der Waals surface area contributed by atoms with Crippen molar-refractivity contribution < 1.29 is 0 Å². The van der Waals surface area contributed by atoms with Crippen molar-refractivity contribution in [3.8, 4) is 0 Å². The minimum absolute atomic E-state index is 0.373. The Labute approximate surface area is 109 Å². The number of aromatic amines is 1. The Bertz CT molecular complexity index is 496. The van der Waals surface area contributed by atoms with Crippen LogP contribution in [0, 0.1) is 0 Å². The summed E-state index contributed by atoms with van der Waals surface area (Å²) in [4.78, 5) is 3.96. The summed E-state index contributed by atoms with van der Waals surface area (Å²) in [5, 5.41) is 13.2. The van der Waals surface area contributed by atoms with Gasteiger partial charge in [-0.2, -0.15) is 4.98 Å². The summed E-state index contributed by atoms with van der Waals surface area (Å²) in [5.41, 5.74) is 1.16. The zero-order valence-electron chi connectivity index (χ0n) is 8.84. The fourth-order valence-corrected chi connectivity index (χ4v) is 1.56. The Kier molecular flexibility index (Phi) is 3.94. The molecular weight excluding hydrogens is 254 g/mol. The van der Waals surface area contributed by atoms with Gasteiger partial charge in [0.05, 0.1) is 0 Å². The van der Waals surface area contributed by atoms with E-state index in [2.05, 4.69) is 38.4 Å². The second-order valence-corrected chi connectivity index (χ2v) is 4.09. The van der Waals surface area contributed by atoms with Crippen molar-refractivity contribution in [3.05, 3.63) is 35.9 Å². The van der Waals surface area contributed by atoms with Crippen LogP contribution in [-0.4, -0.2) is 20.3 Å². The third-order valence-corrected chi connectivity index (χ3v) is 2.45. The molecule has 0 atom stereocenters. The Hall–Kier alpha value is -1.60. The number of benzene rings is 1. The molecule has 1 heterocycles. The summed E-state index contributed by atoms with van der Waals surface area (Å²) in [6, 6.07) is 9.99. The first kappa shape index (κ1) is 11.9. The number of hydrogen-bond acceptors (Lipinski definition) is 4. The van der Waals surface area contributed by atoms with Crippen molar-refractivity contribution >= 4 is 35.9 Å². The van der Waals surface area contributed by atoms with Gasteiger partial charge in [0.15, 0.2) is 5.11 Å². The SMILES string of the molecule is S=C(NCc1ccccc1)Nc1nc(S)n[nH]1. The highest BCUT2D eigenvalue weighted by Gasteiger charge is 2.01. The average Bonchev–Trinajstić information content (AvgIpc) is 2.73. The van der Waals surface area contributed by atoms with Crippen molar-refractivity contribution in [2.24, 2.45) is 0 Å².